The van der Waals surface area contributed by atoms with Gasteiger partial charge in [0, 0.05) is 0 Å². The van der Waals surface area contributed by atoms with E-state index in [9.17, 15) is 0 Å². The zero-order valence-electron chi connectivity index (χ0n) is 9.07. The molecule has 0 saturated heterocycles. The fourth-order valence-corrected chi connectivity index (χ4v) is 1.56. The van der Waals surface area contributed by atoms with E-state index in [2.05, 4.69) is 13.8 Å². The predicted octanol–water partition coefficient (Wildman–Crippen LogP) is 3.74. The van der Waals surface area contributed by atoms with Crippen LogP contribution in [-0.4, -0.2) is 17.4 Å². The number of rotatable bonds is 3. The van der Waals surface area contributed by atoms with Gasteiger partial charge in [-0.3, -0.25) is 0 Å². The first-order chi connectivity index (χ1) is 5.91. The molecule has 1 aliphatic rings. The summed E-state index contributed by atoms with van der Waals surface area (Å²) in [7, 11) is 0. The Morgan fingerprint density at radius 2 is 0.846 bits per heavy atom. The van der Waals surface area contributed by atoms with Crippen molar-refractivity contribution < 1.29 is 0 Å². The average molecular weight is 200 g/mol. The Hall–Kier alpha value is 0.532. The highest BCUT2D eigenvalue weighted by molar-refractivity contribution is 5.75. The maximum atomic E-state index is 2.23. The van der Waals surface area contributed by atoms with E-state index < -0.39 is 0 Å². The molecule has 0 N–H and O–H groups in total. The van der Waals surface area contributed by atoms with E-state index in [1.54, 1.807) is 0 Å². The van der Waals surface area contributed by atoms with Gasteiger partial charge in [-0.1, -0.05) is 78.1 Å². The third-order valence-corrected chi connectivity index (χ3v) is 2.46. The van der Waals surface area contributed by atoms with Gasteiger partial charge in [-0.05, 0) is 0 Å². The van der Waals surface area contributed by atoms with Gasteiger partial charge in [-0.15, -0.1) is 0 Å². The van der Waals surface area contributed by atoms with Crippen LogP contribution >= 0.6 is 0 Å². The topological polar surface area (TPSA) is 0 Å². The quantitative estimate of drug-likeness (QED) is 0.481. The molecule has 1 heteroatoms. The van der Waals surface area contributed by atoms with Crippen molar-refractivity contribution in [2.75, 3.05) is 0 Å². The lowest BCUT2D eigenvalue weighted by atomic mass is 10.0. The Balaban J connectivity index is 0. The molecule has 0 heterocycles. The van der Waals surface area contributed by atoms with E-state index in [-0.39, 0.29) is 17.4 Å². The SMILES string of the molecule is C1CCCCC1.CCCCCC.[AlH3]. The van der Waals surface area contributed by atoms with Crippen LogP contribution in [0.3, 0.4) is 0 Å². The molecule has 1 fully saturated rings. The normalized spacial score (nSPS) is 15.2. The molecule has 1 aliphatic carbocycles. The van der Waals surface area contributed by atoms with Crippen LogP contribution in [0.25, 0.3) is 0 Å². The van der Waals surface area contributed by atoms with Crippen molar-refractivity contribution in [1.29, 1.82) is 0 Å². The second-order valence-corrected chi connectivity index (χ2v) is 3.83. The smallest absolute Gasteiger partial charge is 0.0654 e. The lowest BCUT2D eigenvalue weighted by Gasteiger charge is -2.05. The van der Waals surface area contributed by atoms with Crippen LogP contribution in [0.4, 0.5) is 0 Å². The van der Waals surface area contributed by atoms with Crippen molar-refractivity contribution in [2.45, 2.75) is 78.1 Å². The Morgan fingerprint density at radius 1 is 0.615 bits per heavy atom. The van der Waals surface area contributed by atoms with Crippen LogP contribution in [0, 0.1) is 0 Å². The molecule has 0 radical (unpaired) electrons. The van der Waals surface area contributed by atoms with E-state index in [0.717, 1.165) is 0 Å². The zero-order chi connectivity index (χ0) is 9.07. The molecule has 0 spiro atoms. The largest absolute Gasteiger partial charge is 0.187 e. The lowest BCUT2D eigenvalue weighted by molar-refractivity contribution is 0.504. The second kappa shape index (κ2) is 15.0. The van der Waals surface area contributed by atoms with Crippen molar-refractivity contribution in [3.8, 4) is 0 Å². The molecule has 0 aliphatic heterocycles. The van der Waals surface area contributed by atoms with Gasteiger partial charge in [0.25, 0.3) is 0 Å². The van der Waals surface area contributed by atoms with Gasteiger partial charge in [0.15, 0.2) is 17.4 Å². The van der Waals surface area contributed by atoms with Crippen LogP contribution in [0.1, 0.15) is 78.1 Å². The molecule has 80 valence electrons. The minimum atomic E-state index is 0. The summed E-state index contributed by atoms with van der Waals surface area (Å²) < 4.78 is 0. The standard InChI is InChI=1S/C6H12.C6H14.Al.3H/c1-2-4-6-5-3-1;1-3-5-6-4-2;;;;/h1-6H2;3-6H2,1-2H3;;;;. The van der Waals surface area contributed by atoms with E-state index >= 15 is 0 Å². The van der Waals surface area contributed by atoms with E-state index in [0.29, 0.717) is 0 Å². The van der Waals surface area contributed by atoms with Gasteiger partial charge in [0.1, 0.15) is 0 Å². The molecule has 0 atom stereocenters. The summed E-state index contributed by atoms with van der Waals surface area (Å²) >= 11 is 0. The van der Waals surface area contributed by atoms with Crippen molar-refractivity contribution in [3.63, 3.8) is 0 Å². The molecule has 0 aromatic heterocycles. The van der Waals surface area contributed by atoms with Crippen LogP contribution in [0.2, 0.25) is 0 Å². The molecular formula is C12H29Al. The van der Waals surface area contributed by atoms with Gasteiger partial charge in [0.2, 0.25) is 0 Å². The van der Waals surface area contributed by atoms with Gasteiger partial charge in [-0.25, -0.2) is 0 Å². The fourth-order valence-electron chi connectivity index (χ4n) is 1.56. The summed E-state index contributed by atoms with van der Waals surface area (Å²) in [4.78, 5) is 0. The molecule has 0 aromatic rings. The van der Waals surface area contributed by atoms with Crippen LogP contribution in [-0.2, 0) is 0 Å². The third kappa shape index (κ3) is 15.3. The van der Waals surface area contributed by atoms with E-state index in [4.69, 9.17) is 0 Å². The number of unbranched alkanes of at least 4 members (excludes halogenated alkanes) is 3. The number of hydrogen-bond acceptors (Lipinski definition) is 0. The predicted molar refractivity (Wildman–Crippen MR) is 67.5 cm³/mol. The van der Waals surface area contributed by atoms with Gasteiger partial charge in [-0.2, -0.15) is 0 Å². The molecule has 1 rings (SSSR count). The minimum Gasteiger partial charge on any atom is -0.0654 e. The van der Waals surface area contributed by atoms with Crippen molar-refractivity contribution in [1.82, 2.24) is 0 Å². The monoisotopic (exact) mass is 200 g/mol. The van der Waals surface area contributed by atoms with Crippen LogP contribution < -0.4 is 0 Å². The first-order valence-corrected chi connectivity index (χ1v) is 5.91. The Morgan fingerprint density at radius 3 is 1.00 bits per heavy atom. The van der Waals surface area contributed by atoms with Gasteiger partial charge < -0.3 is 0 Å². The number of hydrogen-bond donors (Lipinski definition) is 0. The Bertz CT molecular complexity index is 52.0. The molecule has 0 nitrogen and oxygen atoms in total. The highest BCUT2D eigenvalue weighted by Crippen LogP contribution is 2.15. The zero-order valence-corrected chi connectivity index (χ0v) is 9.07. The van der Waals surface area contributed by atoms with Crippen molar-refractivity contribution in [3.05, 3.63) is 0 Å². The van der Waals surface area contributed by atoms with Crippen molar-refractivity contribution >= 4 is 17.4 Å². The highest BCUT2D eigenvalue weighted by atomic mass is 27.0. The first-order valence-electron chi connectivity index (χ1n) is 5.91. The Labute approximate surface area is 95.6 Å². The molecular weight excluding hydrogens is 171 g/mol. The molecule has 13 heavy (non-hydrogen) atoms. The maximum Gasteiger partial charge on any atom is 0.187 e. The summed E-state index contributed by atoms with van der Waals surface area (Å²) in [5.41, 5.74) is 0. The van der Waals surface area contributed by atoms with Gasteiger partial charge >= 0.3 is 0 Å². The van der Waals surface area contributed by atoms with Crippen LogP contribution in [0.5, 0.6) is 0 Å². The molecule has 0 amide bonds. The lowest BCUT2D eigenvalue weighted by Crippen LogP contribution is -1.85. The Kier molecular flexibility index (Phi) is 18.5. The second-order valence-electron chi connectivity index (χ2n) is 3.83. The highest BCUT2D eigenvalue weighted by Gasteiger charge is 1.95. The van der Waals surface area contributed by atoms with E-state index in [1.807, 2.05) is 0 Å². The first kappa shape index (κ1) is 16.0. The molecule has 0 aromatic carbocycles. The van der Waals surface area contributed by atoms with Crippen LogP contribution in [0.15, 0.2) is 0 Å². The fraction of sp³-hybridized carbons (Fsp3) is 1.00. The molecule has 1 saturated carbocycles. The summed E-state index contributed by atoms with van der Waals surface area (Å²) in [5, 5.41) is 0. The minimum absolute atomic E-state index is 0. The maximum absolute atomic E-state index is 2.23. The third-order valence-electron chi connectivity index (χ3n) is 2.46. The van der Waals surface area contributed by atoms with E-state index in [1.165, 1.54) is 64.2 Å². The average Bonchev–Trinajstić information content (AvgIpc) is 2.18. The molecule has 0 bridgehead atoms. The summed E-state index contributed by atoms with van der Waals surface area (Å²) in [5.74, 6) is 0. The summed E-state index contributed by atoms with van der Waals surface area (Å²) in [6.45, 7) is 4.46. The summed E-state index contributed by atoms with van der Waals surface area (Å²) in [6, 6.07) is 0. The molecule has 0 unspecified atom stereocenters. The van der Waals surface area contributed by atoms with Crippen molar-refractivity contribution in [2.24, 2.45) is 0 Å². The summed E-state index contributed by atoms with van der Waals surface area (Å²) in [6.07, 6.45) is 14.5. The van der Waals surface area contributed by atoms with Gasteiger partial charge in [0.05, 0.1) is 0 Å².